The molecule has 2 aromatic carbocycles. The number of Topliss-reactive ketones (excluding diaryl/α,β-unsaturated/α-hetero) is 1. The summed E-state index contributed by atoms with van der Waals surface area (Å²) in [6.07, 6.45) is 0.461. The molecule has 4 heteroatoms. The van der Waals surface area contributed by atoms with Crippen LogP contribution in [0.15, 0.2) is 57.7 Å². The Morgan fingerprint density at radius 3 is 2.52 bits per heavy atom. The number of ketones is 1. The van der Waals surface area contributed by atoms with Gasteiger partial charge < -0.3 is 9.52 Å². The van der Waals surface area contributed by atoms with Crippen LogP contribution >= 0.6 is 0 Å². The Morgan fingerprint density at radius 2 is 1.83 bits per heavy atom. The second kappa shape index (κ2) is 6.08. The minimum Gasteiger partial charge on any atom is -0.507 e. The summed E-state index contributed by atoms with van der Waals surface area (Å²) in [4.78, 5) is 23.6. The molecule has 23 heavy (non-hydrogen) atoms. The summed E-state index contributed by atoms with van der Waals surface area (Å²) >= 11 is 0. The van der Waals surface area contributed by atoms with E-state index < -0.39 is 5.63 Å². The summed E-state index contributed by atoms with van der Waals surface area (Å²) in [5.74, 6) is -0.121. The molecule has 1 N–H and O–H groups in total. The summed E-state index contributed by atoms with van der Waals surface area (Å²) in [7, 11) is 0. The van der Waals surface area contributed by atoms with Gasteiger partial charge in [0.15, 0.2) is 0 Å². The van der Waals surface area contributed by atoms with Crippen LogP contribution in [0.4, 0.5) is 0 Å². The van der Waals surface area contributed by atoms with Crippen molar-refractivity contribution in [3.63, 3.8) is 0 Å². The van der Waals surface area contributed by atoms with E-state index in [1.54, 1.807) is 18.2 Å². The first-order chi connectivity index (χ1) is 11.1. The van der Waals surface area contributed by atoms with Gasteiger partial charge in [-0.05, 0) is 24.1 Å². The molecule has 0 amide bonds. The Bertz CT molecular complexity index is 923. The topological polar surface area (TPSA) is 67.5 Å². The molecule has 3 aromatic rings. The quantitative estimate of drug-likeness (QED) is 0.751. The summed E-state index contributed by atoms with van der Waals surface area (Å²) < 4.78 is 5.34. The van der Waals surface area contributed by atoms with Crippen molar-refractivity contribution in [2.45, 2.75) is 19.8 Å². The fraction of sp³-hybridized carbons (Fsp3) is 0.158. The van der Waals surface area contributed by atoms with Gasteiger partial charge in [0.1, 0.15) is 17.1 Å². The van der Waals surface area contributed by atoms with Crippen LogP contribution in [0.5, 0.6) is 5.75 Å². The number of fused-ring (bicyclic) bond motifs is 1. The van der Waals surface area contributed by atoms with E-state index in [4.69, 9.17) is 4.42 Å². The Labute approximate surface area is 133 Å². The van der Waals surface area contributed by atoms with Crippen LogP contribution in [0.25, 0.3) is 11.0 Å². The normalized spacial score (nSPS) is 10.8. The third-order valence-electron chi connectivity index (χ3n) is 3.75. The number of carbonyl (C=O) groups is 1. The zero-order valence-corrected chi connectivity index (χ0v) is 12.7. The second-order valence-corrected chi connectivity index (χ2v) is 5.55. The van der Waals surface area contributed by atoms with Crippen LogP contribution in [-0.2, 0) is 17.6 Å². The summed E-state index contributed by atoms with van der Waals surface area (Å²) in [6, 6.07) is 14.5. The van der Waals surface area contributed by atoms with E-state index in [9.17, 15) is 14.7 Å². The molecular weight excluding hydrogens is 292 g/mol. The number of benzene rings is 2. The lowest BCUT2D eigenvalue weighted by Crippen LogP contribution is -2.09. The van der Waals surface area contributed by atoms with E-state index in [0.29, 0.717) is 16.5 Å². The summed E-state index contributed by atoms with van der Waals surface area (Å²) in [5, 5.41) is 11.1. The molecule has 0 saturated carbocycles. The predicted octanol–water partition coefficient (Wildman–Crippen LogP) is 3.22. The average Bonchev–Trinajstić information content (AvgIpc) is 2.51. The van der Waals surface area contributed by atoms with Crippen LogP contribution in [0.3, 0.4) is 0 Å². The van der Waals surface area contributed by atoms with E-state index in [2.05, 4.69) is 0 Å². The largest absolute Gasteiger partial charge is 0.507 e. The smallest absolute Gasteiger partial charge is 0.343 e. The fourth-order valence-corrected chi connectivity index (χ4v) is 2.71. The highest BCUT2D eigenvalue weighted by atomic mass is 16.4. The highest BCUT2D eigenvalue weighted by Gasteiger charge is 2.17. The Morgan fingerprint density at radius 1 is 1.09 bits per heavy atom. The molecule has 116 valence electrons. The maximum Gasteiger partial charge on any atom is 0.343 e. The zero-order chi connectivity index (χ0) is 16.4. The van der Waals surface area contributed by atoms with Crippen molar-refractivity contribution >= 4 is 16.8 Å². The van der Waals surface area contributed by atoms with Gasteiger partial charge in [0.2, 0.25) is 0 Å². The molecule has 0 unspecified atom stereocenters. The van der Waals surface area contributed by atoms with Gasteiger partial charge in [-0.25, -0.2) is 4.79 Å². The molecule has 0 aliphatic carbocycles. The van der Waals surface area contributed by atoms with E-state index in [1.165, 1.54) is 6.92 Å². The van der Waals surface area contributed by atoms with Crippen molar-refractivity contribution in [2.75, 3.05) is 0 Å². The summed E-state index contributed by atoms with van der Waals surface area (Å²) in [6.45, 7) is 1.49. The minimum absolute atomic E-state index is 0.0206. The molecule has 0 aliphatic rings. The first-order valence-electron chi connectivity index (χ1n) is 7.36. The van der Waals surface area contributed by atoms with Gasteiger partial charge in [0.05, 0.1) is 10.9 Å². The highest BCUT2D eigenvalue weighted by molar-refractivity contribution is 5.91. The molecule has 3 rings (SSSR count). The third-order valence-corrected chi connectivity index (χ3v) is 3.75. The third kappa shape index (κ3) is 3.01. The van der Waals surface area contributed by atoms with Gasteiger partial charge in [0, 0.05) is 12.8 Å². The van der Waals surface area contributed by atoms with Gasteiger partial charge in [-0.1, -0.05) is 42.5 Å². The van der Waals surface area contributed by atoms with E-state index in [1.807, 2.05) is 30.3 Å². The molecule has 0 saturated heterocycles. The number of hydrogen-bond donors (Lipinski definition) is 1. The zero-order valence-electron chi connectivity index (χ0n) is 12.7. The standard InChI is InChI=1S/C19H16O4/c1-12(20)10-14-8-5-9-16-17(14)18(21)15(19(22)23-16)11-13-6-3-2-4-7-13/h2-9,21H,10-11H2,1H3. The van der Waals surface area contributed by atoms with Crippen molar-refractivity contribution in [2.24, 2.45) is 0 Å². The lowest BCUT2D eigenvalue weighted by atomic mass is 9.99. The first-order valence-corrected chi connectivity index (χ1v) is 7.36. The van der Waals surface area contributed by atoms with Gasteiger partial charge in [-0.2, -0.15) is 0 Å². The molecule has 0 aliphatic heterocycles. The van der Waals surface area contributed by atoms with Gasteiger partial charge in [0.25, 0.3) is 0 Å². The minimum atomic E-state index is -0.557. The van der Waals surface area contributed by atoms with E-state index in [0.717, 1.165) is 5.56 Å². The van der Waals surface area contributed by atoms with Crippen molar-refractivity contribution in [1.82, 2.24) is 0 Å². The highest BCUT2D eigenvalue weighted by Crippen LogP contribution is 2.31. The molecule has 0 fully saturated rings. The molecular formula is C19H16O4. The fourth-order valence-electron chi connectivity index (χ4n) is 2.71. The van der Waals surface area contributed by atoms with Crippen LogP contribution in [-0.4, -0.2) is 10.9 Å². The first kappa shape index (κ1) is 15.0. The van der Waals surface area contributed by atoms with Crippen molar-refractivity contribution in [3.05, 3.63) is 75.6 Å². The lowest BCUT2D eigenvalue weighted by molar-refractivity contribution is -0.116. The average molecular weight is 308 g/mol. The Hall–Kier alpha value is -2.88. The van der Waals surface area contributed by atoms with Gasteiger partial charge >= 0.3 is 5.63 Å². The maximum atomic E-state index is 12.2. The molecule has 0 spiro atoms. The lowest BCUT2D eigenvalue weighted by Gasteiger charge is -2.10. The van der Waals surface area contributed by atoms with Gasteiger partial charge in [-0.15, -0.1) is 0 Å². The van der Waals surface area contributed by atoms with Crippen LogP contribution < -0.4 is 5.63 Å². The molecule has 0 atom stereocenters. The molecule has 0 radical (unpaired) electrons. The van der Waals surface area contributed by atoms with Crippen molar-refractivity contribution < 1.29 is 14.3 Å². The van der Waals surface area contributed by atoms with Gasteiger partial charge in [-0.3, -0.25) is 4.79 Å². The maximum absolute atomic E-state index is 12.2. The number of carbonyl (C=O) groups excluding carboxylic acids is 1. The SMILES string of the molecule is CC(=O)Cc1cccc2oc(=O)c(Cc3ccccc3)c(O)c12. The van der Waals surface area contributed by atoms with Crippen LogP contribution in [0, 0.1) is 0 Å². The molecule has 4 nitrogen and oxygen atoms in total. The Kier molecular flexibility index (Phi) is 3.98. The molecule has 1 heterocycles. The van der Waals surface area contributed by atoms with Crippen LogP contribution in [0.1, 0.15) is 23.6 Å². The monoisotopic (exact) mass is 308 g/mol. The Balaban J connectivity index is 2.19. The predicted molar refractivity (Wildman–Crippen MR) is 87.8 cm³/mol. The second-order valence-electron chi connectivity index (χ2n) is 5.55. The van der Waals surface area contributed by atoms with E-state index in [-0.39, 0.29) is 29.9 Å². The molecule has 0 bridgehead atoms. The number of hydrogen-bond acceptors (Lipinski definition) is 4. The van der Waals surface area contributed by atoms with E-state index >= 15 is 0 Å². The van der Waals surface area contributed by atoms with Crippen molar-refractivity contribution in [3.8, 4) is 5.75 Å². The number of aromatic hydroxyl groups is 1. The van der Waals surface area contributed by atoms with Crippen molar-refractivity contribution in [1.29, 1.82) is 0 Å². The molecule has 1 aromatic heterocycles. The number of rotatable bonds is 4. The summed E-state index contributed by atoms with van der Waals surface area (Å²) in [5.41, 5.74) is 1.51. The van der Waals surface area contributed by atoms with Crippen LogP contribution in [0.2, 0.25) is 0 Å².